The van der Waals surface area contributed by atoms with Gasteiger partial charge in [0.05, 0.1) is 17.5 Å². The fraction of sp³-hybridized carbons (Fsp3) is 0.278. The van der Waals surface area contributed by atoms with E-state index in [9.17, 15) is 4.79 Å². The van der Waals surface area contributed by atoms with E-state index in [2.05, 4.69) is 15.4 Å². The minimum atomic E-state index is -0.201. The number of rotatable bonds is 3. The van der Waals surface area contributed by atoms with Gasteiger partial charge in [0, 0.05) is 22.8 Å². The van der Waals surface area contributed by atoms with E-state index in [0.717, 1.165) is 16.6 Å². The summed E-state index contributed by atoms with van der Waals surface area (Å²) in [5.41, 5.74) is 10.1. The van der Waals surface area contributed by atoms with Crippen molar-refractivity contribution in [3.8, 4) is 0 Å². The average Bonchev–Trinajstić information content (AvgIpc) is 2.92. The molecule has 1 amide bonds. The first-order valence-corrected chi connectivity index (χ1v) is 7.89. The molecule has 0 radical (unpaired) electrons. The molecule has 3 N–H and O–H groups in total. The number of fused-ring (bicyclic) bond motifs is 1. The molecule has 0 saturated carbocycles. The van der Waals surface area contributed by atoms with Crippen molar-refractivity contribution in [2.24, 2.45) is 0 Å². The normalized spacial score (nSPS) is 11.2. The molecule has 0 atom stereocenters. The molecule has 0 aliphatic carbocycles. The van der Waals surface area contributed by atoms with Crippen LogP contribution < -0.4 is 11.1 Å². The van der Waals surface area contributed by atoms with Gasteiger partial charge in [-0.1, -0.05) is 6.07 Å². The van der Waals surface area contributed by atoms with Crippen LogP contribution in [0.15, 0.2) is 30.5 Å². The summed E-state index contributed by atoms with van der Waals surface area (Å²) in [4.78, 5) is 17.2. The summed E-state index contributed by atoms with van der Waals surface area (Å²) in [6.45, 7) is 7.85. The SMILES string of the molecule is Cc1ccc(N)cc1NC(=O)c1cc2cnn(C(C)C)c2nc1C. The number of carbonyl (C=O) groups excluding carboxylic acids is 1. The minimum absolute atomic E-state index is 0.201. The van der Waals surface area contributed by atoms with Crippen LogP contribution in [0.2, 0.25) is 0 Å². The van der Waals surface area contributed by atoms with Gasteiger partial charge in [0.15, 0.2) is 5.65 Å². The maximum absolute atomic E-state index is 12.7. The Labute approximate surface area is 140 Å². The number of hydrogen-bond donors (Lipinski definition) is 2. The summed E-state index contributed by atoms with van der Waals surface area (Å²) >= 11 is 0. The van der Waals surface area contributed by atoms with Crippen molar-refractivity contribution >= 4 is 28.3 Å². The molecule has 24 heavy (non-hydrogen) atoms. The molecule has 0 unspecified atom stereocenters. The van der Waals surface area contributed by atoms with Crippen molar-refractivity contribution in [1.29, 1.82) is 0 Å². The van der Waals surface area contributed by atoms with Gasteiger partial charge in [-0.25, -0.2) is 9.67 Å². The molecule has 0 aliphatic rings. The zero-order valence-corrected chi connectivity index (χ0v) is 14.3. The lowest BCUT2D eigenvalue weighted by molar-refractivity contribution is 0.102. The number of aromatic nitrogens is 3. The Morgan fingerprint density at radius 1 is 1.25 bits per heavy atom. The highest BCUT2D eigenvalue weighted by Crippen LogP contribution is 2.22. The number of hydrogen-bond acceptors (Lipinski definition) is 4. The van der Waals surface area contributed by atoms with Crippen LogP contribution in [0.4, 0.5) is 11.4 Å². The summed E-state index contributed by atoms with van der Waals surface area (Å²) in [5.74, 6) is -0.201. The molecule has 6 nitrogen and oxygen atoms in total. The lowest BCUT2D eigenvalue weighted by Crippen LogP contribution is -2.15. The first-order chi connectivity index (χ1) is 11.4. The van der Waals surface area contributed by atoms with Crippen LogP contribution in [0.1, 0.15) is 41.5 Å². The molecular formula is C18H21N5O. The van der Waals surface area contributed by atoms with E-state index in [0.29, 0.717) is 22.6 Å². The third-order valence-electron chi connectivity index (χ3n) is 4.00. The van der Waals surface area contributed by atoms with Crippen molar-refractivity contribution in [2.45, 2.75) is 33.7 Å². The lowest BCUT2D eigenvalue weighted by Gasteiger charge is -2.11. The molecule has 124 valence electrons. The topological polar surface area (TPSA) is 85.8 Å². The molecule has 3 rings (SSSR count). The third kappa shape index (κ3) is 2.82. The van der Waals surface area contributed by atoms with Crippen LogP contribution in [0.25, 0.3) is 11.0 Å². The number of nitrogens with two attached hydrogens (primary N) is 1. The molecule has 0 bridgehead atoms. The summed E-state index contributed by atoms with van der Waals surface area (Å²) in [5, 5.41) is 8.12. The number of anilines is 2. The Balaban J connectivity index is 1.98. The van der Waals surface area contributed by atoms with E-state index in [1.165, 1.54) is 0 Å². The summed E-state index contributed by atoms with van der Waals surface area (Å²) in [6, 6.07) is 7.49. The zero-order chi connectivity index (χ0) is 17.4. The Kier molecular flexibility index (Phi) is 3.97. The van der Waals surface area contributed by atoms with Crippen molar-refractivity contribution in [3.05, 3.63) is 47.3 Å². The van der Waals surface area contributed by atoms with E-state index >= 15 is 0 Å². The molecule has 0 fully saturated rings. The second-order valence-corrected chi connectivity index (χ2v) is 6.25. The van der Waals surface area contributed by atoms with Gasteiger partial charge < -0.3 is 11.1 Å². The number of benzene rings is 1. The number of carbonyl (C=O) groups is 1. The van der Waals surface area contributed by atoms with Gasteiger partial charge in [0.2, 0.25) is 0 Å². The van der Waals surface area contributed by atoms with Gasteiger partial charge in [-0.15, -0.1) is 0 Å². The van der Waals surface area contributed by atoms with Gasteiger partial charge in [0.1, 0.15) is 0 Å². The summed E-state index contributed by atoms with van der Waals surface area (Å²) < 4.78 is 1.85. The molecule has 2 aromatic heterocycles. The zero-order valence-electron chi connectivity index (χ0n) is 14.3. The summed E-state index contributed by atoms with van der Waals surface area (Å²) in [6.07, 6.45) is 1.74. The smallest absolute Gasteiger partial charge is 0.257 e. The predicted molar refractivity (Wildman–Crippen MR) is 96.2 cm³/mol. The van der Waals surface area contributed by atoms with Crippen LogP contribution in [-0.4, -0.2) is 20.7 Å². The Hall–Kier alpha value is -2.89. The van der Waals surface area contributed by atoms with E-state index in [1.807, 2.05) is 50.6 Å². The Morgan fingerprint density at radius 2 is 2.00 bits per heavy atom. The largest absolute Gasteiger partial charge is 0.399 e. The molecule has 0 aliphatic heterocycles. The first-order valence-electron chi connectivity index (χ1n) is 7.89. The minimum Gasteiger partial charge on any atom is -0.399 e. The van der Waals surface area contributed by atoms with Crippen LogP contribution in [0.5, 0.6) is 0 Å². The highest BCUT2D eigenvalue weighted by Gasteiger charge is 2.16. The van der Waals surface area contributed by atoms with E-state index < -0.39 is 0 Å². The fourth-order valence-electron chi connectivity index (χ4n) is 2.64. The number of pyridine rings is 1. The Morgan fingerprint density at radius 3 is 2.71 bits per heavy atom. The molecule has 6 heteroatoms. The van der Waals surface area contributed by atoms with Crippen LogP contribution in [-0.2, 0) is 0 Å². The van der Waals surface area contributed by atoms with Crippen molar-refractivity contribution in [2.75, 3.05) is 11.1 Å². The van der Waals surface area contributed by atoms with Crippen molar-refractivity contribution in [3.63, 3.8) is 0 Å². The number of nitrogen functional groups attached to an aromatic ring is 1. The van der Waals surface area contributed by atoms with E-state index in [1.54, 1.807) is 12.3 Å². The van der Waals surface area contributed by atoms with Gasteiger partial charge in [-0.2, -0.15) is 5.10 Å². The molecule has 0 spiro atoms. The van der Waals surface area contributed by atoms with Crippen molar-refractivity contribution < 1.29 is 4.79 Å². The molecular weight excluding hydrogens is 302 g/mol. The van der Waals surface area contributed by atoms with Gasteiger partial charge in [-0.05, 0) is 51.5 Å². The molecule has 2 heterocycles. The number of amides is 1. The second-order valence-electron chi connectivity index (χ2n) is 6.25. The first kappa shape index (κ1) is 16.0. The standard InChI is InChI=1S/C18H21N5O/c1-10(2)23-17-13(9-20-23)7-15(12(4)21-17)18(24)22-16-8-14(19)6-5-11(16)3/h5-10H,19H2,1-4H3,(H,22,24). The maximum Gasteiger partial charge on any atom is 0.257 e. The highest BCUT2D eigenvalue weighted by molar-refractivity contribution is 6.07. The summed E-state index contributed by atoms with van der Waals surface area (Å²) in [7, 11) is 0. The predicted octanol–water partition coefficient (Wildman–Crippen LogP) is 3.46. The van der Waals surface area contributed by atoms with E-state index in [-0.39, 0.29) is 11.9 Å². The number of nitrogens with zero attached hydrogens (tertiary/aromatic N) is 3. The number of nitrogens with one attached hydrogen (secondary N) is 1. The monoisotopic (exact) mass is 323 g/mol. The molecule has 0 saturated heterocycles. The quantitative estimate of drug-likeness (QED) is 0.723. The van der Waals surface area contributed by atoms with Gasteiger partial charge in [-0.3, -0.25) is 4.79 Å². The van der Waals surface area contributed by atoms with Crippen LogP contribution in [0, 0.1) is 13.8 Å². The lowest BCUT2D eigenvalue weighted by atomic mass is 10.1. The van der Waals surface area contributed by atoms with E-state index in [4.69, 9.17) is 5.73 Å². The van der Waals surface area contributed by atoms with Crippen molar-refractivity contribution in [1.82, 2.24) is 14.8 Å². The van der Waals surface area contributed by atoms with Crippen LogP contribution >= 0.6 is 0 Å². The van der Waals surface area contributed by atoms with Gasteiger partial charge in [0.25, 0.3) is 5.91 Å². The average molecular weight is 323 g/mol. The fourth-order valence-corrected chi connectivity index (χ4v) is 2.64. The molecule has 1 aromatic carbocycles. The number of aryl methyl sites for hydroxylation is 2. The maximum atomic E-state index is 12.7. The van der Waals surface area contributed by atoms with Crippen LogP contribution in [0.3, 0.4) is 0 Å². The highest BCUT2D eigenvalue weighted by atomic mass is 16.1. The second kappa shape index (κ2) is 5.96. The molecule has 3 aromatic rings. The van der Waals surface area contributed by atoms with Gasteiger partial charge >= 0.3 is 0 Å². The Bertz CT molecular complexity index is 927. The third-order valence-corrected chi connectivity index (χ3v) is 4.00.